The number of fused-ring (bicyclic) bond motifs is 1. The number of ether oxygens (including phenoxy) is 1. The minimum absolute atomic E-state index is 0.192. The first kappa shape index (κ1) is 22.0. The number of nitrogens with zero attached hydrogens (tertiary/aromatic N) is 4. The van der Waals surface area contributed by atoms with Crippen LogP contribution >= 0.6 is 0 Å². The minimum atomic E-state index is 0.192. The van der Waals surface area contributed by atoms with E-state index in [0.717, 1.165) is 49.5 Å². The van der Waals surface area contributed by atoms with Crippen molar-refractivity contribution in [2.24, 2.45) is 0 Å². The third-order valence-corrected chi connectivity index (χ3v) is 7.17. The van der Waals surface area contributed by atoms with Gasteiger partial charge in [0.1, 0.15) is 12.1 Å². The predicted molar refractivity (Wildman–Crippen MR) is 129 cm³/mol. The number of benzene rings is 2. The van der Waals surface area contributed by atoms with Gasteiger partial charge in [0.15, 0.2) is 0 Å². The maximum Gasteiger partial charge on any atom is 0.119 e. The van der Waals surface area contributed by atoms with Crippen molar-refractivity contribution in [3.63, 3.8) is 0 Å². The summed E-state index contributed by atoms with van der Waals surface area (Å²) < 4.78 is 5.38. The van der Waals surface area contributed by atoms with Crippen molar-refractivity contribution in [2.75, 3.05) is 33.4 Å². The van der Waals surface area contributed by atoms with E-state index in [4.69, 9.17) is 4.74 Å². The third kappa shape index (κ3) is 4.64. The molecule has 3 atom stereocenters. The second-order valence-corrected chi connectivity index (χ2v) is 9.12. The second-order valence-electron chi connectivity index (χ2n) is 9.12. The summed E-state index contributed by atoms with van der Waals surface area (Å²) in [6.45, 7) is 4.22. The van der Waals surface area contributed by atoms with Gasteiger partial charge in [-0.1, -0.05) is 36.4 Å². The van der Waals surface area contributed by atoms with Crippen LogP contribution in [0.2, 0.25) is 0 Å². The van der Waals surface area contributed by atoms with Gasteiger partial charge in [-0.15, -0.1) is 0 Å². The maximum absolute atomic E-state index is 10.2. The molecule has 2 aliphatic heterocycles. The summed E-state index contributed by atoms with van der Waals surface area (Å²) in [6.07, 6.45) is 7.75. The molecule has 1 N–H and O–H groups in total. The molecule has 33 heavy (non-hydrogen) atoms. The molecule has 3 aromatic rings. The van der Waals surface area contributed by atoms with Crippen LogP contribution in [-0.4, -0.2) is 70.3 Å². The molecule has 2 saturated heterocycles. The molecule has 2 fully saturated rings. The van der Waals surface area contributed by atoms with Crippen LogP contribution in [0.15, 0.2) is 67.3 Å². The zero-order valence-electron chi connectivity index (χ0n) is 19.2. The molecule has 6 nitrogen and oxygen atoms in total. The van der Waals surface area contributed by atoms with Gasteiger partial charge in [0.2, 0.25) is 0 Å². The Morgan fingerprint density at radius 3 is 2.55 bits per heavy atom. The normalized spacial score (nSPS) is 23.8. The maximum atomic E-state index is 10.2. The number of aromatic nitrogens is 2. The lowest BCUT2D eigenvalue weighted by molar-refractivity contribution is -0.0655. The largest absolute Gasteiger partial charge is 0.497 e. The first-order valence-electron chi connectivity index (χ1n) is 11.8. The van der Waals surface area contributed by atoms with E-state index in [-0.39, 0.29) is 12.6 Å². The Bertz CT molecular complexity index is 1040. The first-order chi connectivity index (χ1) is 16.3. The van der Waals surface area contributed by atoms with E-state index >= 15 is 0 Å². The molecular weight excluding hydrogens is 412 g/mol. The van der Waals surface area contributed by atoms with Gasteiger partial charge in [-0.25, -0.2) is 9.97 Å². The standard InChI is InChI=1S/C27H32N4O2/c1-33-24-6-4-5-23(13-24)21-7-9-22(10-8-21)27-25-17-30(16-20-14-28-19-29-15-20)11-2-3-12-31(25)26(27)18-32/h4-10,13-15,19,25-27,32H,2-3,11-12,16-18H2,1H3/t25-,26-,27+/m1/s1. The molecule has 0 unspecified atom stereocenters. The van der Waals surface area contributed by atoms with Gasteiger partial charge in [-0.05, 0) is 54.8 Å². The monoisotopic (exact) mass is 444 g/mol. The molecule has 2 aromatic carbocycles. The van der Waals surface area contributed by atoms with Gasteiger partial charge in [-0.3, -0.25) is 9.80 Å². The highest BCUT2D eigenvalue weighted by Gasteiger charge is 2.49. The molecule has 172 valence electrons. The average Bonchev–Trinajstić information content (AvgIpc) is 2.85. The number of methoxy groups -OCH3 is 1. The Labute approximate surface area is 195 Å². The molecular formula is C27H32N4O2. The van der Waals surface area contributed by atoms with Crippen molar-refractivity contribution < 1.29 is 9.84 Å². The van der Waals surface area contributed by atoms with Crippen molar-refractivity contribution in [2.45, 2.75) is 37.4 Å². The van der Waals surface area contributed by atoms with Crippen molar-refractivity contribution in [1.82, 2.24) is 19.8 Å². The van der Waals surface area contributed by atoms with Crippen LogP contribution < -0.4 is 4.74 Å². The Morgan fingerprint density at radius 1 is 1.00 bits per heavy atom. The summed E-state index contributed by atoms with van der Waals surface area (Å²) in [4.78, 5) is 13.4. The predicted octanol–water partition coefficient (Wildman–Crippen LogP) is 3.58. The molecule has 5 rings (SSSR count). The van der Waals surface area contributed by atoms with E-state index in [0.29, 0.717) is 12.0 Å². The summed E-state index contributed by atoms with van der Waals surface area (Å²) in [7, 11) is 1.70. The SMILES string of the molecule is COc1cccc(-c2ccc([C@@H]3[C@@H](CO)N4CCCCN(Cc5cncnc5)C[C@H]34)cc2)c1. The number of hydrogen-bond acceptors (Lipinski definition) is 6. The highest BCUT2D eigenvalue weighted by Crippen LogP contribution is 2.42. The van der Waals surface area contributed by atoms with Crippen LogP contribution in [0.25, 0.3) is 11.1 Å². The molecule has 0 aliphatic carbocycles. The van der Waals surface area contributed by atoms with Gasteiger partial charge >= 0.3 is 0 Å². The van der Waals surface area contributed by atoms with Crippen molar-refractivity contribution in [3.8, 4) is 16.9 Å². The van der Waals surface area contributed by atoms with E-state index in [1.807, 2.05) is 24.5 Å². The molecule has 0 spiro atoms. The minimum Gasteiger partial charge on any atom is -0.497 e. The Kier molecular flexibility index (Phi) is 6.67. The fourth-order valence-corrected chi connectivity index (χ4v) is 5.53. The molecule has 0 amide bonds. The number of hydrogen-bond donors (Lipinski definition) is 1. The Morgan fingerprint density at radius 2 is 1.79 bits per heavy atom. The molecule has 0 saturated carbocycles. The van der Waals surface area contributed by atoms with Crippen LogP contribution in [0.4, 0.5) is 0 Å². The van der Waals surface area contributed by atoms with Gasteiger partial charge in [0, 0.05) is 49.0 Å². The van der Waals surface area contributed by atoms with Crippen molar-refractivity contribution in [3.05, 3.63) is 78.4 Å². The summed E-state index contributed by atoms with van der Waals surface area (Å²) in [6, 6.07) is 17.7. The lowest BCUT2D eigenvalue weighted by atomic mass is 9.74. The number of aliphatic hydroxyl groups excluding tert-OH is 1. The fourth-order valence-electron chi connectivity index (χ4n) is 5.53. The summed E-state index contributed by atoms with van der Waals surface area (Å²) in [5.41, 5.74) is 4.79. The van der Waals surface area contributed by atoms with Crippen LogP contribution in [0.5, 0.6) is 5.75 Å². The van der Waals surface area contributed by atoms with Gasteiger partial charge in [-0.2, -0.15) is 0 Å². The zero-order valence-corrected chi connectivity index (χ0v) is 19.2. The van der Waals surface area contributed by atoms with Crippen molar-refractivity contribution >= 4 is 0 Å². The molecule has 0 bridgehead atoms. The average molecular weight is 445 g/mol. The van der Waals surface area contributed by atoms with Crippen LogP contribution in [0.3, 0.4) is 0 Å². The van der Waals surface area contributed by atoms with Gasteiger partial charge < -0.3 is 9.84 Å². The summed E-state index contributed by atoms with van der Waals surface area (Å²) in [5.74, 6) is 1.20. The van der Waals surface area contributed by atoms with Crippen LogP contribution in [0, 0.1) is 0 Å². The smallest absolute Gasteiger partial charge is 0.119 e. The quantitative estimate of drug-likeness (QED) is 0.627. The van der Waals surface area contributed by atoms with E-state index in [1.165, 1.54) is 17.5 Å². The van der Waals surface area contributed by atoms with E-state index in [2.05, 4.69) is 56.2 Å². The topological polar surface area (TPSA) is 61.7 Å². The lowest BCUT2D eigenvalue weighted by Gasteiger charge is -2.57. The molecule has 1 aromatic heterocycles. The number of aliphatic hydroxyl groups is 1. The van der Waals surface area contributed by atoms with Gasteiger partial charge in [0.25, 0.3) is 0 Å². The third-order valence-electron chi connectivity index (χ3n) is 7.17. The molecule has 2 aliphatic rings. The van der Waals surface area contributed by atoms with Crippen LogP contribution in [0.1, 0.15) is 29.9 Å². The lowest BCUT2D eigenvalue weighted by Crippen LogP contribution is -2.67. The van der Waals surface area contributed by atoms with Gasteiger partial charge in [0.05, 0.1) is 13.7 Å². The highest BCUT2D eigenvalue weighted by atomic mass is 16.5. The molecule has 3 heterocycles. The summed E-state index contributed by atoms with van der Waals surface area (Å²) in [5, 5.41) is 10.2. The Hall–Kier alpha value is -2.80. The number of rotatable bonds is 6. The zero-order chi connectivity index (χ0) is 22.6. The van der Waals surface area contributed by atoms with E-state index < -0.39 is 0 Å². The van der Waals surface area contributed by atoms with E-state index in [9.17, 15) is 5.11 Å². The second kappa shape index (κ2) is 10.00. The van der Waals surface area contributed by atoms with E-state index in [1.54, 1.807) is 13.4 Å². The molecule has 0 radical (unpaired) electrons. The fraction of sp³-hybridized carbons (Fsp3) is 0.407. The Balaban J connectivity index is 1.36. The first-order valence-corrected chi connectivity index (χ1v) is 11.8. The summed E-state index contributed by atoms with van der Waals surface area (Å²) >= 11 is 0. The van der Waals surface area contributed by atoms with Crippen LogP contribution in [-0.2, 0) is 6.54 Å². The highest BCUT2D eigenvalue weighted by molar-refractivity contribution is 5.65. The van der Waals surface area contributed by atoms with Crippen molar-refractivity contribution in [1.29, 1.82) is 0 Å². The molecule has 6 heteroatoms.